The van der Waals surface area contributed by atoms with Crippen molar-refractivity contribution in [2.75, 3.05) is 31.6 Å². The van der Waals surface area contributed by atoms with Gasteiger partial charge in [0.2, 0.25) is 12.3 Å². The third-order valence-electron chi connectivity index (χ3n) is 5.17. The molecule has 1 aliphatic heterocycles. The molecule has 1 aliphatic rings. The lowest BCUT2D eigenvalue weighted by atomic mass is 10.1. The Morgan fingerprint density at radius 1 is 0.973 bits per heavy atom. The molecule has 200 valence electrons. The van der Waals surface area contributed by atoms with Crippen molar-refractivity contribution in [3.8, 4) is 11.5 Å². The number of alkyl halides is 3. The number of aromatic nitrogens is 3. The van der Waals surface area contributed by atoms with E-state index < -0.39 is 11.9 Å². The van der Waals surface area contributed by atoms with Crippen LogP contribution < -0.4 is 11.5 Å². The van der Waals surface area contributed by atoms with Crippen molar-refractivity contribution in [2.45, 2.75) is 39.3 Å². The van der Waals surface area contributed by atoms with E-state index in [1.807, 2.05) is 26.0 Å². The predicted octanol–water partition coefficient (Wildman–Crippen LogP) is 6.94. The SMILES string of the molecule is CC.CN1CCCCC1.Nc1cc(C(F)(F)F)nc2ccc(Cl)cc12.Nc1cccc(-c2nnco2)c1. The summed E-state index contributed by atoms with van der Waals surface area (Å²) in [7, 11) is 2.19. The molecule has 11 heteroatoms. The van der Waals surface area contributed by atoms with Gasteiger partial charge in [-0.05, 0) is 75.4 Å². The maximum atomic E-state index is 12.4. The normalized spacial score (nSPS) is 13.4. The number of pyridine rings is 1. The zero-order chi connectivity index (χ0) is 27.4. The van der Waals surface area contributed by atoms with Crippen molar-refractivity contribution in [1.29, 1.82) is 0 Å². The van der Waals surface area contributed by atoms with E-state index in [1.165, 1.54) is 56.9 Å². The molecule has 4 aromatic rings. The molecule has 2 aromatic carbocycles. The van der Waals surface area contributed by atoms with Gasteiger partial charge < -0.3 is 20.8 Å². The van der Waals surface area contributed by atoms with E-state index in [0.717, 1.165) is 11.6 Å². The van der Waals surface area contributed by atoms with Crippen molar-refractivity contribution in [3.05, 3.63) is 65.6 Å². The van der Waals surface area contributed by atoms with Crippen LogP contribution in [0.1, 0.15) is 38.8 Å². The van der Waals surface area contributed by atoms with Crippen molar-refractivity contribution >= 4 is 33.9 Å². The lowest BCUT2D eigenvalue weighted by Gasteiger charge is -2.20. The number of halogens is 4. The summed E-state index contributed by atoms with van der Waals surface area (Å²) in [5, 5.41) is 8.15. The summed E-state index contributed by atoms with van der Waals surface area (Å²) in [4.78, 5) is 5.88. The molecule has 2 aromatic heterocycles. The molecular formula is C26H32ClF3N6O. The summed E-state index contributed by atoms with van der Waals surface area (Å²) in [5.41, 5.74) is 11.8. The molecule has 5 rings (SSSR count). The van der Waals surface area contributed by atoms with Crippen LogP contribution in [-0.4, -0.2) is 40.2 Å². The molecule has 0 spiro atoms. The molecule has 0 amide bonds. The molecule has 0 bridgehead atoms. The van der Waals surface area contributed by atoms with Gasteiger partial charge in [-0.1, -0.05) is 37.9 Å². The number of hydrogen-bond donors (Lipinski definition) is 2. The van der Waals surface area contributed by atoms with Crippen molar-refractivity contribution < 1.29 is 17.6 Å². The predicted molar refractivity (Wildman–Crippen MR) is 143 cm³/mol. The van der Waals surface area contributed by atoms with Crippen LogP contribution >= 0.6 is 11.6 Å². The highest BCUT2D eigenvalue weighted by atomic mass is 35.5. The number of benzene rings is 2. The Hall–Kier alpha value is -3.37. The number of fused-ring (bicyclic) bond motifs is 1. The first-order valence-corrected chi connectivity index (χ1v) is 12.2. The first kappa shape index (κ1) is 29.9. The molecule has 37 heavy (non-hydrogen) atoms. The van der Waals surface area contributed by atoms with E-state index in [4.69, 9.17) is 27.5 Å². The zero-order valence-corrected chi connectivity index (χ0v) is 21.9. The average Bonchev–Trinajstić information content (AvgIpc) is 3.42. The molecule has 1 fully saturated rings. The molecular weight excluding hydrogens is 505 g/mol. The van der Waals surface area contributed by atoms with Crippen LogP contribution in [0.2, 0.25) is 5.02 Å². The Kier molecular flexibility index (Phi) is 11.6. The smallest absolute Gasteiger partial charge is 0.423 e. The van der Waals surface area contributed by atoms with Crippen LogP contribution in [0.3, 0.4) is 0 Å². The Morgan fingerprint density at radius 3 is 2.22 bits per heavy atom. The molecule has 7 nitrogen and oxygen atoms in total. The van der Waals surface area contributed by atoms with E-state index in [-0.39, 0.29) is 11.2 Å². The number of rotatable bonds is 1. The van der Waals surface area contributed by atoms with Gasteiger partial charge >= 0.3 is 6.18 Å². The van der Waals surface area contributed by atoms with Crippen LogP contribution in [0.15, 0.2) is 59.3 Å². The lowest BCUT2D eigenvalue weighted by molar-refractivity contribution is -0.140. The minimum atomic E-state index is -4.50. The maximum absolute atomic E-state index is 12.4. The number of nitrogens with two attached hydrogens (primary N) is 2. The van der Waals surface area contributed by atoms with Gasteiger partial charge in [0.25, 0.3) is 0 Å². The minimum Gasteiger partial charge on any atom is -0.423 e. The summed E-state index contributed by atoms with van der Waals surface area (Å²) in [6.45, 7) is 6.64. The van der Waals surface area contributed by atoms with Gasteiger partial charge in [0.05, 0.1) is 5.52 Å². The second-order valence-corrected chi connectivity index (χ2v) is 8.43. The van der Waals surface area contributed by atoms with Gasteiger partial charge in [0.1, 0.15) is 5.69 Å². The number of likely N-dealkylation sites (tertiary alicyclic amines) is 1. The summed E-state index contributed by atoms with van der Waals surface area (Å²) < 4.78 is 42.3. The Morgan fingerprint density at radius 2 is 1.68 bits per heavy atom. The van der Waals surface area contributed by atoms with E-state index in [2.05, 4.69) is 27.1 Å². The van der Waals surface area contributed by atoms with Crippen molar-refractivity contribution in [3.63, 3.8) is 0 Å². The van der Waals surface area contributed by atoms with Crippen LogP contribution in [0, 0.1) is 0 Å². The molecule has 3 heterocycles. The van der Waals surface area contributed by atoms with Crippen LogP contribution in [0.4, 0.5) is 24.5 Å². The highest BCUT2D eigenvalue weighted by Crippen LogP contribution is 2.32. The number of nitrogens with zero attached hydrogens (tertiary/aromatic N) is 4. The topological polar surface area (TPSA) is 107 Å². The second-order valence-electron chi connectivity index (χ2n) is 7.99. The molecule has 0 atom stereocenters. The number of nitrogen functional groups attached to an aromatic ring is 2. The van der Waals surface area contributed by atoms with Crippen LogP contribution in [-0.2, 0) is 6.18 Å². The van der Waals surface area contributed by atoms with Gasteiger partial charge in [-0.15, -0.1) is 10.2 Å². The van der Waals surface area contributed by atoms with E-state index in [9.17, 15) is 13.2 Å². The van der Waals surface area contributed by atoms with E-state index in [0.29, 0.717) is 22.0 Å². The minimum absolute atomic E-state index is 0.0137. The van der Waals surface area contributed by atoms with Gasteiger partial charge in [0.15, 0.2) is 0 Å². The third kappa shape index (κ3) is 9.55. The summed E-state index contributed by atoms with van der Waals surface area (Å²) in [5.74, 6) is 0.488. The van der Waals surface area contributed by atoms with E-state index >= 15 is 0 Å². The lowest BCUT2D eigenvalue weighted by Crippen LogP contribution is -2.24. The molecule has 0 unspecified atom stereocenters. The first-order chi connectivity index (χ1) is 17.6. The largest absolute Gasteiger partial charge is 0.433 e. The Bertz CT molecular complexity index is 1230. The quantitative estimate of drug-likeness (QED) is 0.254. The molecule has 0 radical (unpaired) electrons. The Balaban J connectivity index is 0.000000202. The van der Waals surface area contributed by atoms with Crippen molar-refractivity contribution in [1.82, 2.24) is 20.1 Å². The molecule has 4 N–H and O–H groups in total. The maximum Gasteiger partial charge on any atom is 0.433 e. The number of piperidine rings is 1. The summed E-state index contributed by atoms with van der Waals surface area (Å²) >= 11 is 5.71. The van der Waals surface area contributed by atoms with Crippen LogP contribution in [0.25, 0.3) is 22.4 Å². The van der Waals surface area contributed by atoms with Crippen molar-refractivity contribution in [2.24, 2.45) is 0 Å². The third-order valence-corrected chi connectivity index (χ3v) is 5.40. The molecule has 0 saturated carbocycles. The fourth-order valence-corrected chi connectivity index (χ4v) is 3.56. The zero-order valence-electron chi connectivity index (χ0n) is 21.1. The van der Waals surface area contributed by atoms with E-state index in [1.54, 1.807) is 12.1 Å². The monoisotopic (exact) mass is 536 g/mol. The van der Waals surface area contributed by atoms with Gasteiger partial charge in [-0.25, -0.2) is 4.98 Å². The fourth-order valence-electron chi connectivity index (χ4n) is 3.39. The fraction of sp³-hybridized carbons (Fsp3) is 0.346. The van der Waals surface area contributed by atoms with Crippen LogP contribution in [0.5, 0.6) is 0 Å². The van der Waals surface area contributed by atoms with Gasteiger partial charge in [0, 0.05) is 27.3 Å². The average molecular weight is 537 g/mol. The second kappa shape index (κ2) is 14.4. The highest BCUT2D eigenvalue weighted by molar-refractivity contribution is 6.31. The number of hydrogen-bond acceptors (Lipinski definition) is 7. The summed E-state index contributed by atoms with van der Waals surface area (Å²) in [6, 6.07) is 12.5. The van der Waals surface area contributed by atoms with Gasteiger partial charge in [-0.2, -0.15) is 13.2 Å². The first-order valence-electron chi connectivity index (χ1n) is 11.9. The highest BCUT2D eigenvalue weighted by Gasteiger charge is 2.33. The molecule has 1 saturated heterocycles. The van der Waals surface area contributed by atoms with Gasteiger partial charge in [-0.3, -0.25) is 0 Å². The Labute approximate surface area is 219 Å². The molecule has 0 aliphatic carbocycles. The summed E-state index contributed by atoms with van der Waals surface area (Å²) in [6.07, 6.45) is 1.07. The number of anilines is 2. The standard InChI is InChI=1S/C10H6ClF3N2.C8H7N3O.C6H13N.C2H6/c11-5-1-2-8-6(3-5)7(15)4-9(16-8)10(12,13)14;9-7-3-1-2-6(4-7)8-11-10-5-12-8;1-7-5-3-2-4-6-7;1-2/h1-4H,(H2,15,16);1-5H,9H2;2-6H2,1H3;1-2H3.